The molecule has 0 amide bonds. The van der Waals surface area contributed by atoms with Crippen LogP contribution in [0.2, 0.25) is 0 Å². The maximum Gasteiger partial charge on any atom is 0.122 e. The summed E-state index contributed by atoms with van der Waals surface area (Å²) in [6, 6.07) is 6.42. The monoisotopic (exact) mass is 251 g/mol. The highest BCUT2D eigenvalue weighted by Crippen LogP contribution is 2.28. The molecule has 0 atom stereocenters. The second kappa shape index (κ2) is 6.73. The normalized spacial score (nSPS) is 11.6. The van der Waals surface area contributed by atoms with Gasteiger partial charge in [0.05, 0.1) is 13.8 Å². The fourth-order valence-corrected chi connectivity index (χ4v) is 1.82. The van der Waals surface area contributed by atoms with E-state index in [4.69, 9.17) is 10.6 Å². The molecule has 0 saturated carbocycles. The van der Waals surface area contributed by atoms with Crippen LogP contribution < -0.4 is 21.3 Å². The van der Waals surface area contributed by atoms with Crippen molar-refractivity contribution in [3.63, 3.8) is 0 Å². The third kappa shape index (κ3) is 4.29. The van der Waals surface area contributed by atoms with Gasteiger partial charge < -0.3 is 10.1 Å². The summed E-state index contributed by atoms with van der Waals surface area (Å²) in [5.41, 5.74) is 5.30. The number of nitrogens with one attached hydrogen (secondary N) is 2. The number of methoxy groups -OCH3 is 1. The highest BCUT2D eigenvalue weighted by molar-refractivity contribution is 5.39. The lowest BCUT2D eigenvalue weighted by Gasteiger charge is -2.21. The Morgan fingerprint density at radius 2 is 2.00 bits per heavy atom. The van der Waals surface area contributed by atoms with E-state index < -0.39 is 0 Å². The van der Waals surface area contributed by atoms with Crippen LogP contribution in [0.3, 0.4) is 0 Å². The Morgan fingerprint density at radius 1 is 1.28 bits per heavy atom. The minimum atomic E-state index is 0.160. The molecule has 4 heteroatoms. The van der Waals surface area contributed by atoms with Crippen molar-refractivity contribution in [3.8, 4) is 5.75 Å². The van der Waals surface area contributed by atoms with E-state index in [2.05, 4.69) is 49.7 Å². The Balaban J connectivity index is 2.79. The van der Waals surface area contributed by atoms with Crippen LogP contribution in [0.1, 0.15) is 31.9 Å². The molecule has 0 radical (unpaired) electrons. The minimum absolute atomic E-state index is 0.160. The van der Waals surface area contributed by atoms with Gasteiger partial charge in [0.1, 0.15) is 5.75 Å². The van der Waals surface area contributed by atoms with E-state index in [1.165, 1.54) is 11.1 Å². The Bertz CT molecular complexity index is 372. The first-order chi connectivity index (χ1) is 8.49. The SMILES string of the molecule is COc1ccc(C(C)(C)C)cc1CCNCNN. The van der Waals surface area contributed by atoms with Gasteiger partial charge in [-0.05, 0) is 29.0 Å². The summed E-state index contributed by atoms with van der Waals surface area (Å²) >= 11 is 0. The second-order valence-corrected chi connectivity index (χ2v) is 5.41. The van der Waals surface area contributed by atoms with Gasteiger partial charge in [-0.3, -0.25) is 5.84 Å². The number of hydrazine groups is 1. The standard InChI is InChI=1S/C14H25N3O/c1-14(2,3)12-5-6-13(18-4)11(9-12)7-8-16-10-17-15/h5-6,9,16-17H,7-8,10,15H2,1-4H3. The zero-order valence-electron chi connectivity index (χ0n) is 11.8. The third-order valence-electron chi connectivity index (χ3n) is 2.94. The molecule has 4 N–H and O–H groups in total. The Morgan fingerprint density at radius 3 is 2.56 bits per heavy atom. The van der Waals surface area contributed by atoms with Crippen LogP contribution in [-0.4, -0.2) is 20.3 Å². The molecule has 0 bridgehead atoms. The molecule has 0 unspecified atom stereocenters. The molecule has 0 aromatic heterocycles. The van der Waals surface area contributed by atoms with Gasteiger partial charge >= 0.3 is 0 Å². The first-order valence-corrected chi connectivity index (χ1v) is 6.30. The second-order valence-electron chi connectivity index (χ2n) is 5.41. The number of hydrogen-bond acceptors (Lipinski definition) is 4. The van der Waals surface area contributed by atoms with E-state index in [0.29, 0.717) is 6.67 Å². The van der Waals surface area contributed by atoms with Crippen molar-refractivity contribution in [2.45, 2.75) is 32.6 Å². The molecule has 0 aliphatic rings. The molecule has 1 rings (SSSR count). The fourth-order valence-electron chi connectivity index (χ4n) is 1.82. The average Bonchev–Trinajstić information content (AvgIpc) is 2.33. The fraction of sp³-hybridized carbons (Fsp3) is 0.571. The summed E-state index contributed by atoms with van der Waals surface area (Å²) in [5.74, 6) is 6.16. The van der Waals surface area contributed by atoms with Crippen LogP contribution in [0.4, 0.5) is 0 Å². The Labute approximate surface area is 110 Å². The summed E-state index contributed by atoms with van der Waals surface area (Å²) in [6.07, 6.45) is 0.925. The average molecular weight is 251 g/mol. The summed E-state index contributed by atoms with van der Waals surface area (Å²) in [4.78, 5) is 0. The third-order valence-corrected chi connectivity index (χ3v) is 2.94. The first kappa shape index (κ1) is 15.0. The number of ether oxygens (including phenoxy) is 1. The predicted octanol–water partition coefficient (Wildman–Crippen LogP) is 1.55. The predicted molar refractivity (Wildman–Crippen MR) is 75.6 cm³/mol. The van der Waals surface area contributed by atoms with Crippen LogP contribution in [0.25, 0.3) is 0 Å². The summed E-state index contributed by atoms with van der Waals surface area (Å²) in [5, 5.41) is 3.20. The molecule has 0 spiro atoms. The summed E-state index contributed by atoms with van der Waals surface area (Å²) < 4.78 is 5.40. The number of rotatable bonds is 6. The van der Waals surface area contributed by atoms with Gasteiger partial charge in [0.25, 0.3) is 0 Å². The Kier molecular flexibility index (Phi) is 5.59. The topological polar surface area (TPSA) is 59.3 Å². The van der Waals surface area contributed by atoms with Crippen LogP contribution in [0.5, 0.6) is 5.75 Å². The summed E-state index contributed by atoms with van der Waals surface area (Å²) in [6.45, 7) is 8.13. The minimum Gasteiger partial charge on any atom is -0.496 e. The molecule has 0 fully saturated rings. The zero-order chi connectivity index (χ0) is 13.6. The zero-order valence-corrected chi connectivity index (χ0v) is 11.8. The van der Waals surface area contributed by atoms with Crippen molar-refractivity contribution in [1.29, 1.82) is 0 Å². The highest BCUT2D eigenvalue weighted by atomic mass is 16.5. The van der Waals surface area contributed by atoms with Crippen molar-refractivity contribution in [2.75, 3.05) is 20.3 Å². The summed E-state index contributed by atoms with van der Waals surface area (Å²) in [7, 11) is 1.71. The molecule has 0 aliphatic heterocycles. The molecule has 0 saturated heterocycles. The van der Waals surface area contributed by atoms with Gasteiger partial charge in [-0.1, -0.05) is 32.9 Å². The lowest BCUT2D eigenvalue weighted by molar-refractivity contribution is 0.408. The van der Waals surface area contributed by atoms with Crippen LogP contribution >= 0.6 is 0 Å². The van der Waals surface area contributed by atoms with Crippen LogP contribution in [-0.2, 0) is 11.8 Å². The molecular weight excluding hydrogens is 226 g/mol. The largest absolute Gasteiger partial charge is 0.496 e. The lowest BCUT2D eigenvalue weighted by atomic mass is 9.85. The van der Waals surface area contributed by atoms with Crippen molar-refractivity contribution in [1.82, 2.24) is 10.7 Å². The molecule has 102 valence electrons. The lowest BCUT2D eigenvalue weighted by Crippen LogP contribution is -2.34. The molecular formula is C14H25N3O. The van der Waals surface area contributed by atoms with Gasteiger partial charge in [-0.15, -0.1) is 0 Å². The van der Waals surface area contributed by atoms with Crippen molar-refractivity contribution < 1.29 is 4.74 Å². The smallest absolute Gasteiger partial charge is 0.122 e. The van der Waals surface area contributed by atoms with E-state index in [1.807, 2.05) is 0 Å². The number of nitrogens with two attached hydrogens (primary N) is 1. The van der Waals surface area contributed by atoms with Gasteiger partial charge in [0.15, 0.2) is 0 Å². The number of hydrogen-bond donors (Lipinski definition) is 3. The van der Waals surface area contributed by atoms with Crippen molar-refractivity contribution >= 4 is 0 Å². The Hall–Kier alpha value is -1.10. The maximum absolute atomic E-state index is 5.40. The molecule has 1 aromatic rings. The number of benzene rings is 1. The first-order valence-electron chi connectivity index (χ1n) is 6.30. The maximum atomic E-state index is 5.40. The van der Waals surface area contributed by atoms with Gasteiger partial charge in [0.2, 0.25) is 0 Å². The molecule has 1 aromatic carbocycles. The van der Waals surface area contributed by atoms with Gasteiger partial charge in [-0.2, -0.15) is 0 Å². The molecule has 18 heavy (non-hydrogen) atoms. The van der Waals surface area contributed by atoms with Crippen LogP contribution in [0, 0.1) is 0 Å². The van der Waals surface area contributed by atoms with E-state index in [1.54, 1.807) is 7.11 Å². The quantitative estimate of drug-likeness (QED) is 0.311. The van der Waals surface area contributed by atoms with E-state index in [0.717, 1.165) is 18.7 Å². The van der Waals surface area contributed by atoms with E-state index in [-0.39, 0.29) is 5.41 Å². The van der Waals surface area contributed by atoms with Crippen molar-refractivity contribution in [2.24, 2.45) is 5.84 Å². The van der Waals surface area contributed by atoms with E-state index >= 15 is 0 Å². The van der Waals surface area contributed by atoms with Crippen LogP contribution in [0.15, 0.2) is 18.2 Å². The molecule has 0 aliphatic carbocycles. The van der Waals surface area contributed by atoms with Gasteiger partial charge in [-0.25, -0.2) is 5.43 Å². The van der Waals surface area contributed by atoms with Crippen molar-refractivity contribution in [3.05, 3.63) is 29.3 Å². The van der Waals surface area contributed by atoms with E-state index in [9.17, 15) is 0 Å². The molecule has 0 heterocycles. The molecule has 4 nitrogen and oxygen atoms in total. The van der Waals surface area contributed by atoms with Gasteiger partial charge in [0, 0.05) is 6.54 Å². The highest BCUT2D eigenvalue weighted by Gasteiger charge is 2.15.